The summed E-state index contributed by atoms with van der Waals surface area (Å²) in [5.74, 6) is 0. The Morgan fingerprint density at radius 3 is 0.724 bits per heavy atom. The second-order valence-electron chi connectivity index (χ2n) is 25.0. The topological polar surface area (TPSA) is 81.2 Å². The van der Waals surface area contributed by atoms with Crippen LogP contribution >= 0.6 is 0 Å². The minimum atomic E-state index is 0.587. The zero-order valence-electron chi connectivity index (χ0n) is 53.1. The van der Waals surface area contributed by atoms with E-state index in [1.54, 1.807) is 0 Å². The Hall–Kier alpha value is -13.6. The molecule has 17 rings (SSSR count). The van der Waals surface area contributed by atoms with E-state index in [0.29, 0.717) is 16.7 Å². The summed E-state index contributed by atoms with van der Waals surface area (Å²) in [5.41, 5.74) is 28.8. The molecular weight excluding hydrogens is 1190 g/mol. The van der Waals surface area contributed by atoms with Gasteiger partial charge in [0.05, 0.1) is 68.3 Å². The fraction of sp³-hybridized carbons (Fsp3) is 0. The van der Waals surface area contributed by atoms with Crippen molar-refractivity contribution in [2.45, 2.75) is 0 Å². The SMILES string of the molecule is N#Cc1cccc(-c2ccc(-c3cc(-c4ccc(-c5cccc(C#N)c5)cc4-n4c5ccc(-c6ccccc6)cc5c5cc(-c6ccccc6)ccc54)cc(-c4ccc(-c5cccc(C#N)c5)cc4-n4c5ccc(-c6ccccc6)cc5c5cc(-c6ccccc6)ccc54)c3)cc2)c1. The molecule has 0 amide bonds. The number of benzene rings is 15. The molecule has 0 bridgehead atoms. The predicted molar refractivity (Wildman–Crippen MR) is 404 cm³/mol. The van der Waals surface area contributed by atoms with Crippen molar-refractivity contribution < 1.29 is 0 Å². The van der Waals surface area contributed by atoms with E-state index in [4.69, 9.17) is 0 Å². The smallest absolute Gasteiger partial charge is 0.0991 e. The zero-order valence-corrected chi connectivity index (χ0v) is 53.1. The van der Waals surface area contributed by atoms with Gasteiger partial charge in [-0.1, -0.05) is 231 Å². The van der Waals surface area contributed by atoms with E-state index in [1.807, 2.05) is 54.6 Å². The van der Waals surface area contributed by atoms with E-state index < -0.39 is 0 Å². The predicted octanol–water partition coefficient (Wildman–Crippen LogP) is 24.2. The van der Waals surface area contributed by atoms with Crippen LogP contribution in [0.15, 0.2) is 346 Å². The summed E-state index contributed by atoms with van der Waals surface area (Å²) in [6, 6.07) is 130. The van der Waals surface area contributed by atoms with Crippen LogP contribution in [0.4, 0.5) is 0 Å². The fourth-order valence-corrected chi connectivity index (χ4v) is 14.4. The van der Waals surface area contributed by atoms with E-state index >= 15 is 0 Å². The van der Waals surface area contributed by atoms with Crippen molar-refractivity contribution in [1.29, 1.82) is 15.8 Å². The molecule has 0 N–H and O–H groups in total. The lowest BCUT2D eigenvalue weighted by Gasteiger charge is -2.20. The molecule has 0 aliphatic heterocycles. The molecule has 2 aromatic heterocycles. The lowest BCUT2D eigenvalue weighted by Crippen LogP contribution is -2.00. The highest BCUT2D eigenvalue weighted by Crippen LogP contribution is 2.46. The highest BCUT2D eigenvalue weighted by Gasteiger charge is 2.24. The Labute approximate surface area is 568 Å². The molecule has 2 heterocycles. The van der Waals surface area contributed by atoms with E-state index in [2.05, 4.69) is 319 Å². The summed E-state index contributed by atoms with van der Waals surface area (Å²) in [6.45, 7) is 0. The van der Waals surface area contributed by atoms with Gasteiger partial charge in [-0.15, -0.1) is 0 Å². The van der Waals surface area contributed by atoms with Crippen LogP contribution in [0.2, 0.25) is 0 Å². The Balaban J connectivity index is 0.954. The molecule has 17 aromatic rings. The van der Waals surface area contributed by atoms with Crippen molar-refractivity contribution in [3.05, 3.63) is 362 Å². The molecule has 0 unspecified atom stereocenters. The molecule has 5 nitrogen and oxygen atoms in total. The first-order valence-corrected chi connectivity index (χ1v) is 32.9. The molecule has 15 aromatic carbocycles. The largest absolute Gasteiger partial charge is 0.309 e. The van der Waals surface area contributed by atoms with Gasteiger partial charge in [-0.3, -0.25) is 0 Å². The Morgan fingerprint density at radius 1 is 0.173 bits per heavy atom. The van der Waals surface area contributed by atoms with Gasteiger partial charge in [-0.2, -0.15) is 15.8 Å². The van der Waals surface area contributed by atoms with Crippen LogP contribution in [-0.2, 0) is 0 Å². The van der Waals surface area contributed by atoms with Crippen LogP contribution in [0.1, 0.15) is 16.7 Å². The molecule has 454 valence electrons. The zero-order chi connectivity index (χ0) is 65.6. The third kappa shape index (κ3) is 10.6. The van der Waals surface area contributed by atoms with Crippen molar-refractivity contribution in [1.82, 2.24) is 9.13 Å². The maximum atomic E-state index is 10.3. The van der Waals surface area contributed by atoms with Gasteiger partial charge in [0.1, 0.15) is 0 Å². The molecule has 98 heavy (non-hydrogen) atoms. The molecule has 0 fully saturated rings. The summed E-state index contributed by atoms with van der Waals surface area (Å²) >= 11 is 0. The van der Waals surface area contributed by atoms with Crippen LogP contribution < -0.4 is 0 Å². The molecule has 5 heteroatoms. The number of hydrogen-bond acceptors (Lipinski definition) is 3. The van der Waals surface area contributed by atoms with Crippen LogP contribution in [-0.4, -0.2) is 9.13 Å². The van der Waals surface area contributed by atoms with Gasteiger partial charge in [0.25, 0.3) is 0 Å². The average molecular weight is 1240 g/mol. The molecule has 0 aliphatic rings. The molecule has 0 aliphatic carbocycles. The van der Waals surface area contributed by atoms with Crippen LogP contribution in [0.25, 0.3) is 166 Å². The normalized spacial score (nSPS) is 11.2. The van der Waals surface area contributed by atoms with E-state index in [-0.39, 0.29) is 0 Å². The van der Waals surface area contributed by atoms with Gasteiger partial charge in [-0.25, -0.2) is 0 Å². The third-order valence-electron chi connectivity index (χ3n) is 19.2. The second-order valence-corrected chi connectivity index (χ2v) is 25.0. The quantitative estimate of drug-likeness (QED) is 0.122. The minimum Gasteiger partial charge on any atom is -0.309 e. The van der Waals surface area contributed by atoms with Gasteiger partial charge >= 0.3 is 0 Å². The first kappa shape index (κ1) is 58.2. The standard InChI is InChI=1S/C93H57N5/c94-58-61-16-13-27-70(46-61)68-30-32-69(33-31-68)79-49-80(82-40-34-77(71-28-14-17-62(47-71)59-95)56-92(82)97-88-42-36-73(64-19-5-1-6-20-64)52-84(88)85-53-74(37-43-89(85)97)65-21-7-2-8-22-65)51-81(50-79)83-41-35-78(72-29-15-18-63(48-72)60-96)57-93(83)98-90-44-38-75(66-23-9-3-10-24-66)54-86(90)87-55-76(39-45-91(87)98)67-25-11-4-12-26-67/h1-57H. The van der Waals surface area contributed by atoms with Crippen molar-refractivity contribution >= 4 is 43.6 Å². The second kappa shape index (κ2) is 24.7. The minimum absolute atomic E-state index is 0.587. The summed E-state index contributed by atoms with van der Waals surface area (Å²) in [4.78, 5) is 0. The van der Waals surface area contributed by atoms with E-state index in [0.717, 1.165) is 166 Å². The van der Waals surface area contributed by atoms with Gasteiger partial charge in [-0.05, 0) is 215 Å². The Bertz CT molecular complexity index is 5600. The van der Waals surface area contributed by atoms with Gasteiger partial charge in [0.2, 0.25) is 0 Å². The maximum absolute atomic E-state index is 10.3. The number of rotatable bonds is 12. The molecule has 0 spiro atoms. The highest BCUT2D eigenvalue weighted by atomic mass is 15.0. The number of aromatic nitrogens is 2. The van der Waals surface area contributed by atoms with Crippen molar-refractivity contribution in [2.24, 2.45) is 0 Å². The third-order valence-corrected chi connectivity index (χ3v) is 19.2. The molecule has 0 saturated carbocycles. The molecular formula is C93H57N5. The average Bonchev–Trinajstić information content (AvgIpc) is 1.55. The first-order chi connectivity index (χ1) is 48.4. The van der Waals surface area contributed by atoms with Crippen LogP contribution in [0.5, 0.6) is 0 Å². The summed E-state index contributed by atoms with van der Waals surface area (Å²) in [7, 11) is 0. The van der Waals surface area contributed by atoms with Gasteiger partial charge in [0.15, 0.2) is 0 Å². The van der Waals surface area contributed by atoms with Gasteiger partial charge < -0.3 is 9.13 Å². The maximum Gasteiger partial charge on any atom is 0.0991 e. The summed E-state index contributed by atoms with van der Waals surface area (Å²) in [5, 5.41) is 35.0. The number of nitriles is 3. The molecule has 0 radical (unpaired) electrons. The van der Waals surface area contributed by atoms with Gasteiger partial charge in [0, 0.05) is 32.7 Å². The lowest BCUT2D eigenvalue weighted by atomic mass is 9.89. The van der Waals surface area contributed by atoms with Crippen molar-refractivity contribution in [3.8, 4) is 141 Å². The number of nitrogens with zero attached hydrogens (tertiary/aromatic N) is 5. The van der Waals surface area contributed by atoms with E-state index in [9.17, 15) is 15.8 Å². The summed E-state index contributed by atoms with van der Waals surface area (Å²) < 4.78 is 4.89. The first-order valence-electron chi connectivity index (χ1n) is 32.9. The molecule has 0 atom stereocenters. The lowest BCUT2D eigenvalue weighted by molar-refractivity contribution is 1.18. The highest BCUT2D eigenvalue weighted by molar-refractivity contribution is 6.14. The number of fused-ring (bicyclic) bond motifs is 6. The number of hydrogen-bond donors (Lipinski definition) is 0. The van der Waals surface area contributed by atoms with Crippen molar-refractivity contribution in [2.75, 3.05) is 0 Å². The summed E-state index contributed by atoms with van der Waals surface area (Å²) in [6.07, 6.45) is 0. The van der Waals surface area contributed by atoms with E-state index in [1.165, 1.54) is 0 Å². The van der Waals surface area contributed by atoms with Crippen LogP contribution in [0, 0.1) is 34.0 Å². The Kier molecular flexibility index (Phi) is 14.7. The molecule has 0 saturated heterocycles. The Morgan fingerprint density at radius 2 is 0.408 bits per heavy atom. The van der Waals surface area contributed by atoms with Crippen molar-refractivity contribution in [3.63, 3.8) is 0 Å². The fourth-order valence-electron chi connectivity index (χ4n) is 14.4. The van der Waals surface area contributed by atoms with Crippen LogP contribution in [0.3, 0.4) is 0 Å². The monoisotopic (exact) mass is 1240 g/mol.